The maximum atomic E-state index is 12.1. The highest BCUT2D eigenvalue weighted by Gasteiger charge is 2.17. The Hall–Kier alpha value is -0.850. The van der Waals surface area contributed by atoms with Crippen LogP contribution in [0.15, 0.2) is 17.2 Å². The average Bonchev–Trinajstić information content (AvgIpc) is 2.73. The topological polar surface area (TPSA) is 74.0 Å². The van der Waals surface area contributed by atoms with Crippen molar-refractivity contribution in [3.05, 3.63) is 18.0 Å². The minimum atomic E-state index is -3.40. The van der Waals surface area contributed by atoms with Crippen molar-refractivity contribution >= 4 is 10.0 Å². The molecule has 5 nitrogen and oxygen atoms in total. The molecule has 0 fully saturated rings. The summed E-state index contributed by atoms with van der Waals surface area (Å²) in [6.45, 7) is 10.2. The zero-order chi connectivity index (χ0) is 14.5. The molecular weight excluding hydrogens is 262 g/mol. The number of nitrogens with one attached hydrogen (secondary N) is 3. The van der Waals surface area contributed by atoms with Gasteiger partial charge in [-0.25, -0.2) is 13.1 Å². The summed E-state index contributed by atoms with van der Waals surface area (Å²) in [5, 5.41) is 3.15. The normalized spacial score (nSPS) is 12.8. The fourth-order valence-electron chi connectivity index (χ4n) is 1.58. The van der Waals surface area contributed by atoms with Gasteiger partial charge in [-0.1, -0.05) is 27.7 Å². The molecule has 0 amide bonds. The first-order valence-corrected chi connectivity index (χ1v) is 8.10. The molecule has 0 radical (unpaired) electrons. The predicted molar refractivity (Wildman–Crippen MR) is 77.4 cm³/mol. The minimum absolute atomic E-state index is 0.122. The summed E-state index contributed by atoms with van der Waals surface area (Å²) in [5.41, 5.74) is 0.995. The molecule has 0 aromatic carbocycles. The molecule has 19 heavy (non-hydrogen) atoms. The van der Waals surface area contributed by atoms with Crippen LogP contribution in [0.4, 0.5) is 0 Å². The monoisotopic (exact) mass is 287 g/mol. The second-order valence-corrected chi connectivity index (χ2v) is 7.62. The molecule has 0 saturated carbocycles. The summed E-state index contributed by atoms with van der Waals surface area (Å²) in [6.07, 6.45) is 2.34. The van der Waals surface area contributed by atoms with Crippen LogP contribution in [0, 0.1) is 5.41 Å². The fourth-order valence-corrected chi connectivity index (χ4v) is 2.63. The number of H-pyrrole nitrogens is 1. The molecule has 0 atom stereocenters. The Morgan fingerprint density at radius 2 is 2.00 bits per heavy atom. The van der Waals surface area contributed by atoms with Crippen molar-refractivity contribution in [1.29, 1.82) is 0 Å². The highest BCUT2D eigenvalue weighted by Crippen LogP contribution is 2.18. The standard InChI is InChI=1S/C13H25N3O2S/c1-5-14-9-11-8-12(10-15-11)19(17,18)16-7-6-13(2,3)4/h8,10,14-16H,5-7,9H2,1-4H3. The van der Waals surface area contributed by atoms with E-state index in [1.807, 2.05) is 6.92 Å². The Balaban J connectivity index is 2.59. The molecule has 0 saturated heterocycles. The van der Waals surface area contributed by atoms with Crippen LogP contribution in [0.5, 0.6) is 0 Å². The van der Waals surface area contributed by atoms with E-state index in [9.17, 15) is 8.42 Å². The second kappa shape index (κ2) is 6.54. The molecule has 1 aromatic heterocycles. The molecule has 1 rings (SSSR count). The molecular formula is C13H25N3O2S. The lowest BCUT2D eigenvalue weighted by atomic mass is 9.93. The van der Waals surface area contributed by atoms with Gasteiger partial charge in [0.25, 0.3) is 0 Å². The van der Waals surface area contributed by atoms with Crippen molar-refractivity contribution in [2.75, 3.05) is 13.1 Å². The first kappa shape index (κ1) is 16.2. The quantitative estimate of drug-likeness (QED) is 0.716. The van der Waals surface area contributed by atoms with Crippen molar-refractivity contribution < 1.29 is 8.42 Å². The van der Waals surface area contributed by atoms with Gasteiger partial charge in [0.2, 0.25) is 10.0 Å². The van der Waals surface area contributed by atoms with Gasteiger partial charge in [-0.05, 0) is 24.4 Å². The molecule has 110 valence electrons. The van der Waals surface area contributed by atoms with Crippen molar-refractivity contribution in [3.63, 3.8) is 0 Å². The van der Waals surface area contributed by atoms with Gasteiger partial charge in [-0.3, -0.25) is 0 Å². The number of sulfonamides is 1. The van der Waals surface area contributed by atoms with Crippen LogP contribution in [0.3, 0.4) is 0 Å². The molecule has 3 N–H and O–H groups in total. The third-order valence-corrected chi connectivity index (χ3v) is 4.20. The minimum Gasteiger partial charge on any atom is -0.363 e. The molecule has 0 bridgehead atoms. The lowest BCUT2D eigenvalue weighted by molar-refractivity contribution is 0.378. The van der Waals surface area contributed by atoms with Gasteiger partial charge in [0, 0.05) is 25.0 Å². The summed E-state index contributed by atoms with van der Waals surface area (Å²) in [4.78, 5) is 3.27. The van der Waals surface area contributed by atoms with Crippen LogP contribution in [-0.2, 0) is 16.6 Å². The van der Waals surface area contributed by atoms with E-state index in [1.54, 1.807) is 6.07 Å². The fraction of sp³-hybridized carbons (Fsp3) is 0.692. The summed E-state index contributed by atoms with van der Waals surface area (Å²) < 4.78 is 26.7. The number of aromatic amines is 1. The van der Waals surface area contributed by atoms with Crippen molar-refractivity contribution in [3.8, 4) is 0 Å². The highest BCUT2D eigenvalue weighted by atomic mass is 32.2. The molecule has 0 aliphatic heterocycles. The summed E-state index contributed by atoms with van der Waals surface area (Å²) in [5.74, 6) is 0. The first-order valence-electron chi connectivity index (χ1n) is 6.62. The van der Waals surface area contributed by atoms with E-state index in [0.717, 1.165) is 18.7 Å². The maximum absolute atomic E-state index is 12.1. The van der Waals surface area contributed by atoms with Gasteiger partial charge in [-0.15, -0.1) is 0 Å². The molecule has 0 spiro atoms. The van der Waals surface area contributed by atoms with Gasteiger partial charge in [0.05, 0.1) is 4.90 Å². The zero-order valence-electron chi connectivity index (χ0n) is 12.2. The van der Waals surface area contributed by atoms with Gasteiger partial charge >= 0.3 is 0 Å². The van der Waals surface area contributed by atoms with Crippen LogP contribution >= 0.6 is 0 Å². The van der Waals surface area contributed by atoms with Crippen LogP contribution in [0.1, 0.15) is 39.8 Å². The van der Waals surface area contributed by atoms with Gasteiger partial charge < -0.3 is 10.3 Å². The second-order valence-electron chi connectivity index (χ2n) is 5.85. The smallest absolute Gasteiger partial charge is 0.242 e. The van der Waals surface area contributed by atoms with Crippen LogP contribution < -0.4 is 10.0 Å². The van der Waals surface area contributed by atoms with E-state index in [4.69, 9.17) is 0 Å². The molecule has 1 aromatic rings. The lowest BCUT2D eigenvalue weighted by Crippen LogP contribution is -2.27. The Labute approximate surface area is 116 Å². The number of hydrogen-bond acceptors (Lipinski definition) is 3. The SMILES string of the molecule is CCNCc1cc(S(=O)(=O)NCCC(C)(C)C)c[nH]1. The van der Waals surface area contributed by atoms with Gasteiger partial charge in [0.15, 0.2) is 0 Å². The number of hydrogen-bond donors (Lipinski definition) is 3. The van der Waals surface area contributed by atoms with Crippen LogP contribution in [-0.4, -0.2) is 26.5 Å². The Kier molecular flexibility index (Phi) is 5.58. The third-order valence-electron chi connectivity index (χ3n) is 2.76. The Morgan fingerprint density at radius 1 is 1.32 bits per heavy atom. The molecule has 0 aliphatic rings. The summed E-state index contributed by atoms with van der Waals surface area (Å²) in [7, 11) is -3.40. The average molecular weight is 287 g/mol. The van der Waals surface area contributed by atoms with E-state index in [-0.39, 0.29) is 5.41 Å². The van der Waals surface area contributed by atoms with E-state index < -0.39 is 10.0 Å². The molecule has 1 heterocycles. The third kappa shape index (κ3) is 5.76. The summed E-state index contributed by atoms with van der Waals surface area (Å²) in [6, 6.07) is 1.67. The number of aromatic nitrogens is 1. The van der Waals surface area contributed by atoms with Crippen LogP contribution in [0.2, 0.25) is 0 Å². The molecule has 6 heteroatoms. The largest absolute Gasteiger partial charge is 0.363 e. The Bertz CT molecular complexity index is 486. The summed E-state index contributed by atoms with van der Waals surface area (Å²) >= 11 is 0. The van der Waals surface area contributed by atoms with Gasteiger partial charge in [0.1, 0.15) is 0 Å². The predicted octanol–water partition coefficient (Wildman–Crippen LogP) is 1.84. The van der Waals surface area contributed by atoms with Gasteiger partial charge in [-0.2, -0.15) is 0 Å². The van der Waals surface area contributed by atoms with E-state index >= 15 is 0 Å². The van der Waals surface area contributed by atoms with Crippen molar-refractivity contribution in [2.45, 2.75) is 45.6 Å². The number of rotatable bonds is 7. The molecule has 0 aliphatic carbocycles. The molecule has 0 unspecified atom stereocenters. The lowest BCUT2D eigenvalue weighted by Gasteiger charge is -2.17. The first-order chi connectivity index (χ1) is 8.74. The Morgan fingerprint density at radius 3 is 2.58 bits per heavy atom. The van der Waals surface area contributed by atoms with Crippen molar-refractivity contribution in [2.24, 2.45) is 5.41 Å². The van der Waals surface area contributed by atoms with E-state index in [1.165, 1.54) is 6.20 Å². The van der Waals surface area contributed by atoms with E-state index in [0.29, 0.717) is 18.0 Å². The van der Waals surface area contributed by atoms with Crippen LogP contribution in [0.25, 0.3) is 0 Å². The van der Waals surface area contributed by atoms with E-state index in [2.05, 4.69) is 35.8 Å². The van der Waals surface area contributed by atoms with Crippen molar-refractivity contribution in [1.82, 2.24) is 15.0 Å². The zero-order valence-corrected chi connectivity index (χ0v) is 13.0. The highest BCUT2D eigenvalue weighted by molar-refractivity contribution is 7.89. The maximum Gasteiger partial charge on any atom is 0.242 e.